The number of rotatable bonds is 2. The Morgan fingerprint density at radius 1 is 1.20 bits per heavy atom. The fraction of sp³-hybridized carbons (Fsp3) is 0.538. The minimum absolute atomic E-state index is 0.106. The standard InChI is InChI=1S/C13H18O2/c1-15-13-7-5-10(6-8-13)11-3-2-4-12(14)9-11/h5-8,11-12,14H,2-4,9H2,1H3/t11-,12+/m1/s1. The largest absolute Gasteiger partial charge is 0.497 e. The van der Waals surface area contributed by atoms with Crippen molar-refractivity contribution in [3.63, 3.8) is 0 Å². The molecule has 2 heteroatoms. The van der Waals surface area contributed by atoms with E-state index < -0.39 is 0 Å². The molecule has 1 fully saturated rings. The third-order valence-corrected chi connectivity index (χ3v) is 3.23. The van der Waals surface area contributed by atoms with Crippen molar-refractivity contribution in [2.75, 3.05) is 7.11 Å². The lowest BCUT2D eigenvalue weighted by Crippen LogP contribution is -2.18. The predicted molar refractivity (Wildman–Crippen MR) is 60.2 cm³/mol. The Morgan fingerprint density at radius 3 is 2.53 bits per heavy atom. The number of hydrogen-bond donors (Lipinski definition) is 1. The zero-order chi connectivity index (χ0) is 10.7. The summed E-state index contributed by atoms with van der Waals surface area (Å²) < 4.78 is 5.13. The maximum atomic E-state index is 9.62. The maximum absolute atomic E-state index is 9.62. The van der Waals surface area contributed by atoms with E-state index in [4.69, 9.17) is 4.74 Å². The lowest BCUT2D eigenvalue weighted by atomic mass is 9.82. The minimum Gasteiger partial charge on any atom is -0.497 e. The highest BCUT2D eigenvalue weighted by atomic mass is 16.5. The first-order valence-electron chi connectivity index (χ1n) is 5.61. The van der Waals surface area contributed by atoms with Gasteiger partial charge in [-0.25, -0.2) is 0 Å². The van der Waals surface area contributed by atoms with Crippen LogP contribution < -0.4 is 4.74 Å². The summed E-state index contributed by atoms with van der Waals surface area (Å²) in [6.07, 6.45) is 4.10. The number of aliphatic hydroxyl groups excluding tert-OH is 1. The molecule has 1 aromatic carbocycles. The molecular formula is C13H18O2. The van der Waals surface area contributed by atoms with Crippen molar-refractivity contribution in [1.29, 1.82) is 0 Å². The maximum Gasteiger partial charge on any atom is 0.118 e. The molecule has 0 heterocycles. The van der Waals surface area contributed by atoms with Crippen LogP contribution in [0.1, 0.15) is 37.2 Å². The molecule has 0 radical (unpaired) electrons. The Morgan fingerprint density at radius 2 is 1.93 bits per heavy atom. The Bertz CT molecular complexity index is 305. The topological polar surface area (TPSA) is 29.5 Å². The van der Waals surface area contributed by atoms with Gasteiger partial charge in [-0.1, -0.05) is 18.6 Å². The molecule has 15 heavy (non-hydrogen) atoms. The average molecular weight is 206 g/mol. The van der Waals surface area contributed by atoms with Gasteiger partial charge in [0.15, 0.2) is 0 Å². The highest BCUT2D eigenvalue weighted by Gasteiger charge is 2.21. The van der Waals surface area contributed by atoms with Gasteiger partial charge in [-0.3, -0.25) is 0 Å². The summed E-state index contributed by atoms with van der Waals surface area (Å²) in [5.41, 5.74) is 1.33. The van der Waals surface area contributed by atoms with Crippen LogP contribution in [0, 0.1) is 0 Å². The third kappa shape index (κ3) is 2.51. The normalized spacial score (nSPS) is 26.3. The molecule has 0 aromatic heterocycles. The van der Waals surface area contributed by atoms with Gasteiger partial charge in [-0.05, 0) is 42.9 Å². The van der Waals surface area contributed by atoms with Gasteiger partial charge >= 0.3 is 0 Å². The Balaban J connectivity index is 2.07. The quantitative estimate of drug-likeness (QED) is 0.806. The van der Waals surface area contributed by atoms with Crippen LogP contribution in [0.15, 0.2) is 24.3 Å². The first-order chi connectivity index (χ1) is 7.29. The fourth-order valence-electron chi connectivity index (χ4n) is 2.34. The fourth-order valence-corrected chi connectivity index (χ4v) is 2.34. The molecule has 0 saturated heterocycles. The van der Waals surface area contributed by atoms with E-state index in [2.05, 4.69) is 12.1 Å². The molecule has 2 nitrogen and oxygen atoms in total. The average Bonchev–Trinajstić information content (AvgIpc) is 2.29. The number of benzene rings is 1. The van der Waals surface area contributed by atoms with Gasteiger partial charge in [0.25, 0.3) is 0 Å². The number of methoxy groups -OCH3 is 1. The summed E-state index contributed by atoms with van der Waals surface area (Å²) in [7, 11) is 1.68. The molecule has 0 aliphatic heterocycles. The Hall–Kier alpha value is -1.02. The molecule has 0 spiro atoms. The van der Waals surface area contributed by atoms with E-state index in [9.17, 15) is 5.11 Å². The monoisotopic (exact) mass is 206 g/mol. The summed E-state index contributed by atoms with van der Waals surface area (Å²) in [4.78, 5) is 0. The molecule has 0 amide bonds. The molecule has 2 rings (SSSR count). The van der Waals surface area contributed by atoms with E-state index in [1.807, 2.05) is 12.1 Å². The molecule has 0 unspecified atom stereocenters. The van der Waals surface area contributed by atoms with Crippen LogP contribution in [0.2, 0.25) is 0 Å². The molecule has 1 N–H and O–H groups in total. The van der Waals surface area contributed by atoms with Gasteiger partial charge < -0.3 is 9.84 Å². The summed E-state index contributed by atoms with van der Waals surface area (Å²) in [6, 6.07) is 8.22. The molecule has 1 aliphatic carbocycles. The highest BCUT2D eigenvalue weighted by Crippen LogP contribution is 2.33. The first-order valence-corrected chi connectivity index (χ1v) is 5.61. The van der Waals surface area contributed by atoms with Crippen molar-refractivity contribution < 1.29 is 9.84 Å². The number of aliphatic hydroxyl groups is 1. The molecule has 1 aromatic rings. The van der Waals surface area contributed by atoms with Crippen LogP contribution >= 0.6 is 0 Å². The van der Waals surface area contributed by atoms with Gasteiger partial charge in [-0.2, -0.15) is 0 Å². The second-order valence-corrected chi connectivity index (χ2v) is 4.29. The number of hydrogen-bond acceptors (Lipinski definition) is 2. The van der Waals surface area contributed by atoms with Crippen molar-refractivity contribution >= 4 is 0 Å². The van der Waals surface area contributed by atoms with Crippen LogP contribution in [0.4, 0.5) is 0 Å². The van der Waals surface area contributed by atoms with E-state index in [-0.39, 0.29) is 6.10 Å². The van der Waals surface area contributed by atoms with Crippen LogP contribution in [0.5, 0.6) is 5.75 Å². The highest BCUT2D eigenvalue weighted by molar-refractivity contribution is 5.29. The molecule has 82 valence electrons. The Kier molecular flexibility index (Phi) is 3.27. The molecular weight excluding hydrogens is 188 g/mol. The molecule has 2 atom stereocenters. The first kappa shape index (κ1) is 10.5. The van der Waals surface area contributed by atoms with Crippen LogP contribution in [0.25, 0.3) is 0 Å². The third-order valence-electron chi connectivity index (χ3n) is 3.23. The van der Waals surface area contributed by atoms with Crippen molar-refractivity contribution in [3.8, 4) is 5.75 Å². The van der Waals surface area contributed by atoms with Crippen LogP contribution in [0.3, 0.4) is 0 Å². The van der Waals surface area contributed by atoms with Gasteiger partial charge in [0.1, 0.15) is 5.75 Å². The smallest absolute Gasteiger partial charge is 0.118 e. The van der Waals surface area contributed by atoms with E-state index in [0.717, 1.165) is 25.0 Å². The lowest BCUT2D eigenvalue weighted by molar-refractivity contribution is 0.119. The lowest BCUT2D eigenvalue weighted by Gasteiger charge is -2.26. The second-order valence-electron chi connectivity index (χ2n) is 4.29. The zero-order valence-corrected chi connectivity index (χ0v) is 9.15. The number of ether oxygens (including phenoxy) is 1. The Labute approximate surface area is 90.9 Å². The van der Waals surface area contributed by atoms with Crippen molar-refractivity contribution in [3.05, 3.63) is 29.8 Å². The van der Waals surface area contributed by atoms with Gasteiger partial charge in [-0.15, -0.1) is 0 Å². The summed E-state index contributed by atoms with van der Waals surface area (Å²) in [6.45, 7) is 0. The van der Waals surface area contributed by atoms with E-state index >= 15 is 0 Å². The van der Waals surface area contributed by atoms with Crippen molar-refractivity contribution in [1.82, 2.24) is 0 Å². The molecule has 1 aliphatic rings. The van der Waals surface area contributed by atoms with Crippen LogP contribution in [-0.2, 0) is 0 Å². The summed E-state index contributed by atoms with van der Waals surface area (Å²) in [5, 5.41) is 9.62. The SMILES string of the molecule is COc1ccc([C@@H]2CCC[C@H](O)C2)cc1. The minimum atomic E-state index is -0.106. The van der Waals surface area contributed by atoms with Crippen LogP contribution in [-0.4, -0.2) is 18.3 Å². The van der Waals surface area contributed by atoms with E-state index in [1.54, 1.807) is 7.11 Å². The summed E-state index contributed by atoms with van der Waals surface area (Å²) in [5.74, 6) is 1.43. The van der Waals surface area contributed by atoms with E-state index in [1.165, 1.54) is 12.0 Å². The predicted octanol–water partition coefficient (Wildman–Crippen LogP) is 2.71. The summed E-state index contributed by atoms with van der Waals surface area (Å²) >= 11 is 0. The molecule has 0 bridgehead atoms. The van der Waals surface area contributed by atoms with Gasteiger partial charge in [0.05, 0.1) is 13.2 Å². The molecule has 1 saturated carbocycles. The van der Waals surface area contributed by atoms with E-state index in [0.29, 0.717) is 5.92 Å². The van der Waals surface area contributed by atoms with Crippen molar-refractivity contribution in [2.24, 2.45) is 0 Å². The van der Waals surface area contributed by atoms with Crippen molar-refractivity contribution in [2.45, 2.75) is 37.7 Å². The van der Waals surface area contributed by atoms with Gasteiger partial charge in [0, 0.05) is 0 Å². The zero-order valence-electron chi connectivity index (χ0n) is 9.15. The van der Waals surface area contributed by atoms with Gasteiger partial charge in [0.2, 0.25) is 0 Å². The second kappa shape index (κ2) is 4.67.